The molecule has 0 unspecified atom stereocenters. The van der Waals surface area contributed by atoms with Gasteiger partial charge in [0.25, 0.3) is 0 Å². The summed E-state index contributed by atoms with van der Waals surface area (Å²) >= 11 is 0. The maximum Gasteiger partial charge on any atom is 0.181 e. The second kappa shape index (κ2) is 4.57. The van der Waals surface area contributed by atoms with E-state index in [1.807, 2.05) is 0 Å². The Bertz CT molecular complexity index is 281. The number of ether oxygens (including phenoxy) is 1. The van der Waals surface area contributed by atoms with Crippen LogP contribution < -0.4 is 5.32 Å². The molecule has 1 aromatic heterocycles. The van der Waals surface area contributed by atoms with Crippen molar-refractivity contribution in [3.63, 3.8) is 0 Å². The third-order valence-electron chi connectivity index (χ3n) is 2.39. The van der Waals surface area contributed by atoms with Crippen molar-refractivity contribution in [3.05, 3.63) is 17.8 Å². The molecule has 14 heavy (non-hydrogen) atoms. The molecule has 1 aliphatic rings. The molecule has 0 atom stereocenters. The zero-order valence-corrected chi connectivity index (χ0v) is 8.45. The predicted octanol–water partition coefficient (Wildman–Crippen LogP) is 1.12. The summed E-state index contributed by atoms with van der Waals surface area (Å²) in [4.78, 5) is 4.18. The summed E-state index contributed by atoms with van der Waals surface area (Å²) < 4.78 is 10.3. The number of hydrogen-bond acceptors (Lipinski definition) is 4. The number of nitrogens with one attached hydrogen (secondary N) is 1. The van der Waals surface area contributed by atoms with E-state index >= 15 is 0 Å². The van der Waals surface area contributed by atoms with Crippen LogP contribution in [0.1, 0.15) is 24.3 Å². The molecule has 0 spiro atoms. The molecule has 1 aromatic rings. The van der Waals surface area contributed by atoms with E-state index in [0.717, 1.165) is 24.4 Å². The van der Waals surface area contributed by atoms with E-state index in [1.54, 1.807) is 7.11 Å². The van der Waals surface area contributed by atoms with Gasteiger partial charge in [-0.15, -0.1) is 0 Å². The lowest BCUT2D eigenvalue weighted by atomic mass is 10.2. The van der Waals surface area contributed by atoms with Crippen molar-refractivity contribution < 1.29 is 9.15 Å². The fourth-order valence-corrected chi connectivity index (χ4v) is 1.36. The summed E-state index contributed by atoms with van der Waals surface area (Å²) in [5.41, 5.74) is 1.02. The first-order valence-corrected chi connectivity index (χ1v) is 5.03. The number of methoxy groups -OCH3 is 1. The topological polar surface area (TPSA) is 47.3 Å². The normalized spacial score (nSPS) is 16.1. The second-order valence-electron chi connectivity index (χ2n) is 3.62. The minimum Gasteiger partial charge on any atom is -0.448 e. The van der Waals surface area contributed by atoms with E-state index < -0.39 is 0 Å². The third kappa shape index (κ3) is 2.56. The second-order valence-corrected chi connectivity index (χ2v) is 3.62. The quantitative estimate of drug-likeness (QED) is 0.740. The largest absolute Gasteiger partial charge is 0.448 e. The number of rotatable bonds is 6. The van der Waals surface area contributed by atoms with Crippen LogP contribution in [0.4, 0.5) is 0 Å². The monoisotopic (exact) mass is 196 g/mol. The van der Waals surface area contributed by atoms with Gasteiger partial charge < -0.3 is 14.5 Å². The minimum atomic E-state index is 0.686. The molecular formula is C10H16N2O2. The third-order valence-corrected chi connectivity index (χ3v) is 2.39. The molecule has 1 aliphatic carbocycles. The van der Waals surface area contributed by atoms with Crippen molar-refractivity contribution in [2.45, 2.75) is 31.8 Å². The fraction of sp³-hybridized carbons (Fsp3) is 0.700. The lowest BCUT2D eigenvalue weighted by Gasteiger charge is -2.01. The minimum absolute atomic E-state index is 0.686. The number of aromatic nitrogens is 1. The zero-order chi connectivity index (χ0) is 9.80. The Morgan fingerprint density at radius 3 is 3.21 bits per heavy atom. The number of oxazole rings is 1. The Kier molecular flexibility index (Phi) is 3.16. The average molecular weight is 196 g/mol. The standard InChI is InChI=1S/C10H16N2O2/c1-13-5-4-10-9(12-7-14-10)6-11-8-2-3-8/h7-8,11H,2-6H2,1H3. The summed E-state index contributed by atoms with van der Waals surface area (Å²) in [5, 5.41) is 3.41. The van der Waals surface area contributed by atoms with E-state index in [1.165, 1.54) is 19.2 Å². The van der Waals surface area contributed by atoms with Gasteiger partial charge in [-0.25, -0.2) is 4.98 Å². The highest BCUT2D eigenvalue weighted by atomic mass is 16.5. The molecule has 1 fully saturated rings. The summed E-state index contributed by atoms with van der Waals surface area (Å²) in [6.45, 7) is 1.51. The van der Waals surface area contributed by atoms with Crippen LogP contribution in [0.2, 0.25) is 0 Å². The van der Waals surface area contributed by atoms with Crippen LogP contribution in [0.25, 0.3) is 0 Å². The van der Waals surface area contributed by atoms with Crippen LogP contribution >= 0.6 is 0 Å². The predicted molar refractivity (Wildman–Crippen MR) is 51.9 cm³/mol. The average Bonchev–Trinajstić information content (AvgIpc) is 2.92. The zero-order valence-electron chi connectivity index (χ0n) is 8.45. The highest BCUT2D eigenvalue weighted by Gasteiger charge is 2.21. The molecular weight excluding hydrogens is 180 g/mol. The molecule has 0 saturated heterocycles. The first-order chi connectivity index (χ1) is 6.90. The van der Waals surface area contributed by atoms with Gasteiger partial charge >= 0.3 is 0 Å². The molecule has 0 amide bonds. The fourth-order valence-electron chi connectivity index (χ4n) is 1.36. The van der Waals surface area contributed by atoms with Crippen LogP contribution in [-0.4, -0.2) is 24.7 Å². The number of hydrogen-bond donors (Lipinski definition) is 1. The molecule has 4 heteroatoms. The lowest BCUT2D eigenvalue weighted by molar-refractivity contribution is 0.196. The summed E-state index contributed by atoms with van der Waals surface area (Å²) in [6.07, 6.45) is 4.91. The Hall–Kier alpha value is -0.870. The van der Waals surface area contributed by atoms with Gasteiger partial charge in [-0.2, -0.15) is 0 Å². The van der Waals surface area contributed by atoms with Crippen molar-refractivity contribution in [1.82, 2.24) is 10.3 Å². The van der Waals surface area contributed by atoms with Gasteiger partial charge in [0.15, 0.2) is 6.39 Å². The SMILES string of the molecule is COCCc1ocnc1CNC1CC1. The lowest BCUT2D eigenvalue weighted by Crippen LogP contribution is -2.16. The van der Waals surface area contributed by atoms with Gasteiger partial charge in [0.2, 0.25) is 0 Å². The van der Waals surface area contributed by atoms with Gasteiger partial charge in [-0.3, -0.25) is 0 Å². The highest BCUT2D eigenvalue weighted by Crippen LogP contribution is 2.19. The molecule has 0 aliphatic heterocycles. The van der Waals surface area contributed by atoms with Gasteiger partial charge in [0.1, 0.15) is 5.76 Å². The van der Waals surface area contributed by atoms with E-state index in [4.69, 9.17) is 9.15 Å². The smallest absolute Gasteiger partial charge is 0.181 e. The molecule has 0 radical (unpaired) electrons. The van der Waals surface area contributed by atoms with Gasteiger partial charge in [-0.1, -0.05) is 0 Å². The summed E-state index contributed by atoms with van der Waals surface area (Å²) in [7, 11) is 1.69. The van der Waals surface area contributed by atoms with E-state index in [-0.39, 0.29) is 0 Å². The molecule has 0 bridgehead atoms. The van der Waals surface area contributed by atoms with Crippen molar-refractivity contribution in [3.8, 4) is 0 Å². The van der Waals surface area contributed by atoms with Crippen molar-refractivity contribution in [2.24, 2.45) is 0 Å². The molecule has 1 N–H and O–H groups in total. The Labute approximate surface area is 83.7 Å². The Morgan fingerprint density at radius 2 is 2.50 bits per heavy atom. The maximum atomic E-state index is 5.29. The van der Waals surface area contributed by atoms with Crippen LogP contribution in [-0.2, 0) is 17.7 Å². The Morgan fingerprint density at radius 1 is 1.64 bits per heavy atom. The number of nitrogens with zero attached hydrogens (tertiary/aromatic N) is 1. The summed E-state index contributed by atoms with van der Waals surface area (Å²) in [6, 6.07) is 0.710. The van der Waals surface area contributed by atoms with Crippen molar-refractivity contribution >= 4 is 0 Å². The van der Waals surface area contributed by atoms with E-state index in [2.05, 4.69) is 10.3 Å². The molecule has 4 nitrogen and oxygen atoms in total. The highest BCUT2D eigenvalue weighted by molar-refractivity contribution is 5.07. The van der Waals surface area contributed by atoms with Crippen molar-refractivity contribution in [1.29, 1.82) is 0 Å². The van der Waals surface area contributed by atoms with Crippen LogP contribution in [0.3, 0.4) is 0 Å². The first-order valence-electron chi connectivity index (χ1n) is 5.03. The van der Waals surface area contributed by atoms with Gasteiger partial charge in [0, 0.05) is 26.1 Å². The van der Waals surface area contributed by atoms with Crippen LogP contribution in [0.5, 0.6) is 0 Å². The van der Waals surface area contributed by atoms with E-state index in [9.17, 15) is 0 Å². The molecule has 2 rings (SSSR count). The summed E-state index contributed by atoms with van der Waals surface area (Å²) in [5.74, 6) is 0.944. The van der Waals surface area contributed by atoms with Crippen molar-refractivity contribution in [2.75, 3.05) is 13.7 Å². The molecule has 1 saturated carbocycles. The van der Waals surface area contributed by atoms with Crippen LogP contribution in [0, 0.1) is 0 Å². The molecule has 0 aromatic carbocycles. The molecule has 78 valence electrons. The first kappa shape index (κ1) is 9.68. The van der Waals surface area contributed by atoms with Gasteiger partial charge in [0.05, 0.1) is 12.3 Å². The maximum absolute atomic E-state index is 5.29. The van der Waals surface area contributed by atoms with Crippen LogP contribution in [0.15, 0.2) is 10.8 Å². The van der Waals surface area contributed by atoms with Gasteiger partial charge in [-0.05, 0) is 12.8 Å². The van der Waals surface area contributed by atoms with E-state index in [0.29, 0.717) is 12.6 Å². The Balaban J connectivity index is 1.83. The molecule has 1 heterocycles.